The standard InChI is InChI=1S/C25H23N3O2S/c1-17(31-25-19(16-26)15-18-7-5-6-10-23(18)28-25)24(29)27-20-11-13-22(14-12-20)30-21-8-3-2-4-9-21/h2-4,8-9,11-15,17H,5-7,10H2,1H3,(H,27,29). The highest BCUT2D eigenvalue weighted by molar-refractivity contribution is 8.00. The summed E-state index contributed by atoms with van der Waals surface area (Å²) in [6.07, 6.45) is 4.17. The number of fused-ring (bicyclic) bond motifs is 1. The zero-order valence-corrected chi connectivity index (χ0v) is 18.1. The summed E-state index contributed by atoms with van der Waals surface area (Å²) < 4.78 is 5.78. The molecule has 1 aromatic heterocycles. The summed E-state index contributed by atoms with van der Waals surface area (Å²) in [6, 6.07) is 21.0. The third-order valence-electron chi connectivity index (χ3n) is 5.14. The molecule has 0 saturated carbocycles. The van der Waals surface area contributed by atoms with Gasteiger partial charge in [0.05, 0.1) is 10.8 Å². The summed E-state index contributed by atoms with van der Waals surface area (Å²) in [5.41, 5.74) is 3.47. The summed E-state index contributed by atoms with van der Waals surface area (Å²) >= 11 is 1.33. The van der Waals surface area contributed by atoms with Crippen molar-refractivity contribution in [2.75, 3.05) is 5.32 Å². The Morgan fingerprint density at radius 1 is 1.10 bits per heavy atom. The van der Waals surface area contributed by atoms with E-state index in [9.17, 15) is 10.1 Å². The second-order valence-electron chi connectivity index (χ2n) is 7.45. The molecule has 0 bridgehead atoms. The molecule has 1 aliphatic rings. The molecule has 0 radical (unpaired) electrons. The maximum Gasteiger partial charge on any atom is 0.237 e. The minimum atomic E-state index is -0.388. The maximum absolute atomic E-state index is 12.7. The van der Waals surface area contributed by atoms with Gasteiger partial charge < -0.3 is 10.1 Å². The van der Waals surface area contributed by atoms with Crippen LogP contribution in [0.15, 0.2) is 65.7 Å². The van der Waals surface area contributed by atoms with E-state index in [-0.39, 0.29) is 11.2 Å². The first-order valence-corrected chi connectivity index (χ1v) is 11.2. The zero-order chi connectivity index (χ0) is 21.6. The first-order chi connectivity index (χ1) is 15.1. The Balaban J connectivity index is 1.39. The molecule has 1 atom stereocenters. The number of nitrogens with one attached hydrogen (secondary N) is 1. The number of aromatic nitrogens is 1. The highest BCUT2D eigenvalue weighted by Gasteiger charge is 2.20. The fourth-order valence-corrected chi connectivity index (χ4v) is 4.38. The number of rotatable bonds is 6. The van der Waals surface area contributed by atoms with Crippen molar-refractivity contribution in [2.45, 2.75) is 42.9 Å². The number of hydrogen-bond donors (Lipinski definition) is 1. The molecule has 5 nitrogen and oxygen atoms in total. The molecule has 0 spiro atoms. The van der Waals surface area contributed by atoms with E-state index in [0.29, 0.717) is 22.0 Å². The van der Waals surface area contributed by atoms with Gasteiger partial charge in [-0.3, -0.25) is 4.79 Å². The van der Waals surface area contributed by atoms with Crippen LogP contribution in [0.4, 0.5) is 5.69 Å². The van der Waals surface area contributed by atoms with Gasteiger partial charge >= 0.3 is 0 Å². The van der Waals surface area contributed by atoms with E-state index in [1.807, 2.05) is 67.6 Å². The van der Waals surface area contributed by atoms with Crippen LogP contribution in [-0.4, -0.2) is 16.1 Å². The van der Waals surface area contributed by atoms with Gasteiger partial charge in [-0.2, -0.15) is 5.26 Å². The van der Waals surface area contributed by atoms with Crippen molar-refractivity contribution >= 4 is 23.4 Å². The number of pyridine rings is 1. The van der Waals surface area contributed by atoms with Gasteiger partial charge in [-0.05, 0) is 80.6 Å². The second kappa shape index (κ2) is 9.67. The number of carbonyl (C=O) groups excluding carboxylic acids is 1. The Bertz CT molecular complexity index is 1110. The molecule has 3 aromatic rings. The van der Waals surface area contributed by atoms with Crippen molar-refractivity contribution in [2.24, 2.45) is 0 Å². The SMILES string of the molecule is CC(Sc1nc2c(cc1C#N)CCCC2)C(=O)Nc1ccc(Oc2ccccc2)cc1. The van der Waals surface area contributed by atoms with E-state index in [4.69, 9.17) is 9.72 Å². The number of nitrogens with zero attached hydrogens (tertiary/aromatic N) is 2. The Morgan fingerprint density at radius 2 is 1.81 bits per heavy atom. The maximum atomic E-state index is 12.7. The number of amides is 1. The molecule has 6 heteroatoms. The van der Waals surface area contributed by atoms with Crippen LogP contribution in [0.25, 0.3) is 0 Å². The second-order valence-corrected chi connectivity index (χ2v) is 8.78. The number of anilines is 1. The molecular formula is C25H23N3O2S. The number of aryl methyl sites for hydroxylation is 2. The number of carbonyl (C=O) groups is 1. The lowest BCUT2D eigenvalue weighted by Gasteiger charge is -2.18. The summed E-state index contributed by atoms with van der Waals surface area (Å²) in [5, 5.41) is 12.7. The van der Waals surface area contributed by atoms with Gasteiger partial charge in [0.15, 0.2) is 0 Å². The van der Waals surface area contributed by atoms with Crippen LogP contribution < -0.4 is 10.1 Å². The van der Waals surface area contributed by atoms with E-state index in [2.05, 4.69) is 11.4 Å². The van der Waals surface area contributed by atoms with Crippen LogP contribution in [-0.2, 0) is 17.6 Å². The van der Waals surface area contributed by atoms with Gasteiger partial charge in [0, 0.05) is 11.4 Å². The Morgan fingerprint density at radius 3 is 2.55 bits per heavy atom. The molecule has 1 heterocycles. The minimum absolute atomic E-state index is 0.134. The van der Waals surface area contributed by atoms with Gasteiger partial charge in [-0.1, -0.05) is 30.0 Å². The summed E-state index contributed by atoms with van der Waals surface area (Å²) in [4.78, 5) is 17.4. The molecule has 156 valence electrons. The fourth-order valence-electron chi connectivity index (χ4n) is 3.48. The molecular weight excluding hydrogens is 406 g/mol. The smallest absolute Gasteiger partial charge is 0.237 e. The fraction of sp³-hybridized carbons (Fsp3) is 0.240. The quantitative estimate of drug-likeness (QED) is 0.506. The molecule has 0 aliphatic heterocycles. The number of hydrogen-bond acceptors (Lipinski definition) is 5. The topological polar surface area (TPSA) is 75.0 Å². The van der Waals surface area contributed by atoms with Crippen molar-refractivity contribution in [3.8, 4) is 17.6 Å². The van der Waals surface area contributed by atoms with Gasteiger partial charge in [0.2, 0.25) is 5.91 Å². The predicted molar refractivity (Wildman–Crippen MR) is 123 cm³/mol. The van der Waals surface area contributed by atoms with Gasteiger partial charge in [0.1, 0.15) is 22.6 Å². The number of nitriles is 1. The number of thioether (sulfide) groups is 1. The van der Waals surface area contributed by atoms with Crippen LogP contribution in [0.3, 0.4) is 0 Å². The molecule has 1 N–H and O–H groups in total. The first kappa shape index (κ1) is 21.0. The van der Waals surface area contributed by atoms with Gasteiger partial charge in [-0.15, -0.1) is 0 Å². The van der Waals surface area contributed by atoms with E-state index in [0.717, 1.165) is 37.1 Å². The van der Waals surface area contributed by atoms with Crippen LogP contribution in [0, 0.1) is 11.3 Å². The number of para-hydroxylation sites is 1. The summed E-state index contributed by atoms with van der Waals surface area (Å²) in [6.45, 7) is 1.83. The van der Waals surface area contributed by atoms with Crippen molar-refractivity contribution in [1.82, 2.24) is 4.98 Å². The highest BCUT2D eigenvalue weighted by atomic mass is 32.2. The minimum Gasteiger partial charge on any atom is -0.457 e. The normalized spacial score (nSPS) is 13.5. The van der Waals surface area contributed by atoms with Crippen LogP contribution >= 0.6 is 11.8 Å². The molecule has 31 heavy (non-hydrogen) atoms. The number of ether oxygens (including phenoxy) is 1. The monoisotopic (exact) mass is 429 g/mol. The van der Waals surface area contributed by atoms with Crippen molar-refractivity contribution in [1.29, 1.82) is 5.26 Å². The van der Waals surface area contributed by atoms with Crippen LogP contribution in [0.1, 0.15) is 36.6 Å². The molecule has 1 aliphatic carbocycles. The van der Waals surface area contributed by atoms with E-state index in [1.54, 1.807) is 0 Å². The lowest BCUT2D eigenvalue weighted by atomic mass is 9.95. The highest BCUT2D eigenvalue weighted by Crippen LogP contribution is 2.30. The van der Waals surface area contributed by atoms with Crippen LogP contribution in [0.2, 0.25) is 0 Å². The van der Waals surface area contributed by atoms with Crippen molar-refractivity contribution in [3.05, 3.63) is 77.5 Å². The molecule has 4 rings (SSSR count). The molecule has 0 saturated heterocycles. The molecule has 2 aromatic carbocycles. The molecule has 1 unspecified atom stereocenters. The third kappa shape index (κ3) is 5.25. The van der Waals surface area contributed by atoms with E-state index in [1.165, 1.54) is 17.3 Å². The first-order valence-electron chi connectivity index (χ1n) is 10.4. The summed E-state index contributed by atoms with van der Waals surface area (Å²) in [5.74, 6) is 1.32. The third-order valence-corrected chi connectivity index (χ3v) is 6.25. The zero-order valence-electron chi connectivity index (χ0n) is 17.3. The molecule has 1 amide bonds. The molecule has 0 fully saturated rings. The predicted octanol–water partition coefficient (Wildman–Crippen LogP) is 5.74. The van der Waals surface area contributed by atoms with Crippen LogP contribution in [0.5, 0.6) is 11.5 Å². The van der Waals surface area contributed by atoms with Gasteiger partial charge in [0.25, 0.3) is 0 Å². The van der Waals surface area contributed by atoms with Crippen molar-refractivity contribution in [3.63, 3.8) is 0 Å². The lowest BCUT2D eigenvalue weighted by molar-refractivity contribution is -0.115. The van der Waals surface area contributed by atoms with E-state index >= 15 is 0 Å². The largest absolute Gasteiger partial charge is 0.457 e. The number of benzene rings is 2. The van der Waals surface area contributed by atoms with E-state index < -0.39 is 0 Å². The van der Waals surface area contributed by atoms with Gasteiger partial charge in [-0.25, -0.2) is 4.98 Å². The average molecular weight is 430 g/mol. The lowest BCUT2D eigenvalue weighted by Crippen LogP contribution is -2.22. The Labute approximate surface area is 186 Å². The average Bonchev–Trinajstić information content (AvgIpc) is 2.80. The van der Waals surface area contributed by atoms with Crippen molar-refractivity contribution < 1.29 is 9.53 Å². The Hall–Kier alpha value is -3.30. The Kier molecular flexibility index (Phi) is 6.54. The summed E-state index contributed by atoms with van der Waals surface area (Å²) in [7, 11) is 0.